The lowest BCUT2D eigenvalue weighted by Crippen LogP contribution is -2.28. The van der Waals surface area contributed by atoms with Crippen molar-refractivity contribution in [1.29, 1.82) is 0 Å². The molecule has 0 radical (unpaired) electrons. The number of methoxy groups -OCH3 is 2. The summed E-state index contributed by atoms with van der Waals surface area (Å²) in [5, 5.41) is 2.89. The number of fused-ring (bicyclic) bond motifs is 1. The van der Waals surface area contributed by atoms with Crippen molar-refractivity contribution in [3.63, 3.8) is 0 Å². The number of likely N-dealkylation sites (N-methyl/N-ethyl adjacent to an activating group) is 1. The molecule has 0 atom stereocenters. The van der Waals surface area contributed by atoms with Crippen LogP contribution in [0.4, 0.5) is 5.69 Å². The van der Waals surface area contributed by atoms with Crippen molar-refractivity contribution < 1.29 is 23.8 Å². The molecule has 0 unspecified atom stereocenters. The number of amides is 1. The summed E-state index contributed by atoms with van der Waals surface area (Å²) >= 11 is 1.31. The Morgan fingerprint density at radius 3 is 2.48 bits per heavy atom. The van der Waals surface area contributed by atoms with Crippen LogP contribution < -0.4 is 9.47 Å². The van der Waals surface area contributed by atoms with Crippen molar-refractivity contribution >= 4 is 51.3 Å². The number of aliphatic imine (C=N–C) groups is 1. The number of hydrogen-bond acceptors (Lipinski definition) is 7. The van der Waals surface area contributed by atoms with E-state index in [1.807, 2.05) is 49.4 Å². The quantitative estimate of drug-likeness (QED) is 0.176. The number of esters is 1. The Morgan fingerprint density at radius 2 is 1.73 bits per heavy atom. The summed E-state index contributed by atoms with van der Waals surface area (Å²) in [5.41, 5.74) is 2.97. The second-order valence-corrected chi connectivity index (χ2v) is 9.94. The lowest BCUT2D eigenvalue weighted by Gasteiger charge is -2.13. The van der Waals surface area contributed by atoms with Gasteiger partial charge in [0, 0.05) is 6.54 Å². The zero-order valence-electron chi connectivity index (χ0n) is 22.4. The van der Waals surface area contributed by atoms with Crippen LogP contribution in [0.2, 0.25) is 0 Å². The van der Waals surface area contributed by atoms with E-state index in [2.05, 4.69) is 29.3 Å². The van der Waals surface area contributed by atoms with Crippen LogP contribution in [0.15, 0.2) is 94.8 Å². The van der Waals surface area contributed by atoms with Crippen molar-refractivity contribution in [2.24, 2.45) is 4.99 Å². The fraction of sp³-hybridized carbons (Fsp3) is 0.156. The van der Waals surface area contributed by atoms with Gasteiger partial charge in [0.25, 0.3) is 5.91 Å². The first-order chi connectivity index (χ1) is 19.5. The van der Waals surface area contributed by atoms with Gasteiger partial charge in [0.1, 0.15) is 6.61 Å². The van der Waals surface area contributed by atoms with Crippen LogP contribution in [0.1, 0.15) is 28.4 Å². The molecule has 1 amide bonds. The minimum atomic E-state index is -0.412. The summed E-state index contributed by atoms with van der Waals surface area (Å²) in [7, 11) is 2.94. The van der Waals surface area contributed by atoms with E-state index in [4.69, 9.17) is 14.2 Å². The minimum absolute atomic E-state index is 0.118. The molecule has 4 aromatic carbocycles. The highest BCUT2D eigenvalue weighted by molar-refractivity contribution is 8.18. The van der Waals surface area contributed by atoms with Crippen LogP contribution in [0.25, 0.3) is 16.8 Å². The van der Waals surface area contributed by atoms with Crippen LogP contribution >= 0.6 is 11.8 Å². The second-order valence-electron chi connectivity index (χ2n) is 8.93. The van der Waals surface area contributed by atoms with Gasteiger partial charge in [-0.3, -0.25) is 9.69 Å². The van der Waals surface area contributed by atoms with E-state index in [-0.39, 0.29) is 5.91 Å². The molecule has 0 bridgehead atoms. The molecule has 0 saturated carbocycles. The van der Waals surface area contributed by atoms with Gasteiger partial charge in [-0.1, -0.05) is 48.5 Å². The molecule has 1 aliphatic heterocycles. The maximum absolute atomic E-state index is 13.2. The number of thioether (sulfide) groups is 1. The van der Waals surface area contributed by atoms with Crippen LogP contribution in [0, 0.1) is 0 Å². The van der Waals surface area contributed by atoms with Gasteiger partial charge < -0.3 is 14.2 Å². The molecule has 5 rings (SSSR count). The summed E-state index contributed by atoms with van der Waals surface area (Å²) in [4.78, 5) is 31.7. The average Bonchev–Trinajstić information content (AvgIpc) is 3.29. The number of hydrogen-bond donors (Lipinski definition) is 0. The lowest BCUT2D eigenvalue weighted by atomic mass is 10.1. The SMILES string of the molecule is CCN1C(=O)/C(=C\c2ccc(OCc3cccc4ccccc34)c(OC)c2)SC1=Nc1ccc(C(=O)OC)cc1. The summed E-state index contributed by atoms with van der Waals surface area (Å²) in [6.07, 6.45) is 1.83. The Labute approximate surface area is 237 Å². The number of carbonyl (C=O) groups excluding carboxylic acids is 2. The molecule has 4 aromatic rings. The van der Waals surface area contributed by atoms with Gasteiger partial charge in [-0.15, -0.1) is 0 Å². The van der Waals surface area contributed by atoms with Gasteiger partial charge in [-0.25, -0.2) is 9.79 Å². The summed E-state index contributed by atoms with van der Waals surface area (Å²) in [5.74, 6) is 0.672. The van der Waals surface area contributed by atoms with Crippen LogP contribution in [-0.4, -0.2) is 42.7 Å². The van der Waals surface area contributed by atoms with Crippen molar-refractivity contribution in [3.05, 3.63) is 107 Å². The Kier molecular flexibility index (Phi) is 8.17. The number of benzene rings is 4. The monoisotopic (exact) mass is 552 g/mol. The van der Waals surface area contributed by atoms with E-state index < -0.39 is 5.97 Å². The third-order valence-electron chi connectivity index (χ3n) is 6.47. The number of carbonyl (C=O) groups is 2. The molecule has 0 aromatic heterocycles. The van der Waals surface area contributed by atoms with Crippen LogP contribution in [0.5, 0.6) is 11.5 Å². The van der Waals surface area contributed by atoms with Crippen molar-refractivity contribution in [3.8, 4) is 11.5 Å². The van der Waals surface area contributed by atoms with Gasteiger partial charge in [0.15, 0.2) is 16.7 Å². The molecule has 1 aliphatic rings. The predicted molar refractivity (Wildman–Crippen MR) is 159 cm³/mol. The third-order valence-corrected chi connectivity index (χ3v) is 7.47. The predicted octanol–water partition coefficient (Wildman–Crippen LogP) is 6.84. The molecule has 1 heterocycles. The molecule has 0 aliphatic carbocycles. The number of amidine groups is 1. The molecule has 1 saturated heterocycles. The van der Waals surface area contributed by atoms with Crippen LogP contribution in [-0.2, 0) is 16.1 Å². The highest BCUT2D eigenvalue weighted by Gasteiger charge is 2.32. The number of ether oxygens (including phenoxy) is 3. The molecular formula is C32H28N2O5S. The molecule has 0 N–H and O–H groups in total. The van der Waals surface area contributed by atoms with E-state index in [0.717, 1.165) is 16.5 Å². The highest BCUT2D eigenvalue weighted by Crippen LogP contribution is 2.36. The average molecular weight is 553 g/mol. The van der Waals surface area contributed by atoms with E-state index in [1.165, 1.54) is 24.3 Å². The molecule has 7 nitrogen and oxygen atoms in total. The number of rotatable bonds is 8. The van der Waals surface area contributed by atoms with Crippen LogP contribution in [0.3, 0.4) is 0 Å². The van der Waals surface area contributed by atoms with Gasteiger partial charge in [-0.05, 0) is 83.1 Å². The lowest BCUT2D eigenvalue weighted by molar-refractivity contribution is -0.122. The zero-order valence-corrected chi connectivity index (χ0v) is 23.2. The van der Waals surface area contributed by atoms with Gasteiger partial charge in [-0.2, -0.15) is 0 Å². The fourth-order valence-corrected chi connectivity index (χ4v) is 5.45. The summed E-state index contributed by atoms with van der Waals surface area (Å²) < 4.78 is 16.5. The van der Waals surface area contributed by atoms with Crippen molar-refractivity contribution in [2.45, 2.75) is 13.5 Å². The molecule has 40 heavy (non-hydrogen) atoms. The molecule has 0 spiro atoms. The molecular weight excluding hydrogens is 524 g/mol. The molecule has 1 fully saturated rings. The minimum Gasteiger partial charge on any atom is -0.493 e. The molecule has 202 valence electrons. The van der Waals surface area contributed by atoms with Crippen molar-refractivity contribution in [2.75, 3.05) is 20.8 Å². The van der Waals surface area contributed by atoms with E-state index in [0.29, 0.717) is 46.0 Å². The van der Waals surface area contributed by atoms with E-state index in [1.54, 1.807) is 36.3 Å². The van der Waals surface area contributed by atoms with E-state index in [9.17, 15) is 9.59 Å². The first-order valence-corrected chi connectivity index (χ1v) is 13.6. The maximum atomic E-state index is 13.2. The fourth-order valence-electron chi connectivity index (χ4n) is 4.39. The first-order valence-electron chi connectivity index (χ1n) is 12.8. The van der Waals surface area contributed by atoms with Gasteiger partial charge in [0.2, 0.25) is 0 Å². The Morgan fingerprint density at radius 1 is 0.950 bits per heavy atom. The molecule has 8 heteroatoms. The standard InChI is InChI=1S/C32H28N2O5S/c1-4-34-30(35)29(40-32(34)33-25-15-13-23(14-16-25)31(36)38-3)19-21-12-17-27(28(18-21)37-2)39-20-24-10-7-9-22-8-5-6-11-26(22)24/h5-19H,4,20H2,1-3H3/b29-19+,33-32?. The number of nitrogens with zero attached hydrogens (tertiary/aromatic N) is 2. The normalized spacial score (nSPS) is 15.2. The Hall–Kier alpha value is -4.56. The second kappa shape index (κ2) is 12.1. The third kappa shape index (κ3) is 5.72. The Balaban J connectivity index is 1.34. The van der Waals surface area contributed by atoms with Crippen molar-refractivity contribution in [1.82, 2.24) is 4.90 Å². The smallest absolute Gasteiger partial charge is 0.337 e. The maximum Gasteiger partial charge on any atom is 0.337 e. The first kappa shape index (κ1) is 27.0. The summed E-state index contributed by atoms with van der Waals surface area (Å²) in [6, 6.07) is 26.7. The highest BCUT2D eigenvalue weighted by atomic mass is 32.2. The topological polar surface area (TPSA) is 77.4 Å². The zero-order chi connectivity index (χ0) is 28.1. The van der Waals surface area contributed by atoms with Gasteiger partial charge >= 0.3 is 5.97 Å². The Bertz CT molecular complexity index is 1620. The van der Waals surface area contributed by atoms with Gasteiger partial charge in [0.05, 0.1) is 30.4 Å². The largest absolute Gasteiger partial charge is 0.493 e. The van der Waals surface area contributed by atoms with E-state index >= 15 is 0 Å². The summed E-state index contributed by atoms with van der Waals surface area (Å²) in [6.45, 7) is 2.78.